The number of nitrogens with one attached hydrogen (secondary N) is 2. The number of amides is 2. The van der Waals surface area contributed by atoms with Crippen molar-refractivity contribution in [3.63, 3.8) is 0 Å². The van der Waals surface area contributed by atoms with E-state index >= 15 is 0 Å². The zero-order valence-corrected chi connectivity index (χ0v) is 18.6. The topological polar surface area (TPSA) is 96.9 Å². The maximum atomic E-state index is 13.4. The minimum atomic E-state index is -3.03. The third kappa shape index (κ3) is 5.43. The van der Waals surface area contributed by atoms with Crippen LogP contribution in [0.4, 0.5) is 22.0 Å². The lowest BCUT2D eigenvalue weighted by molar-refractivity contribution is -0.129. The van der Waals surface area contributed by atoms with E-state index in [0.717, 1.165) is 35.9 Å². The lowest BCUT2D eigenvalue weighted by atomic mass is 9.62. The minimum Gasteiger partial charge on any atom is -0.484 e. The lowest BCUT2D eigenvalue weighted by Gasteiger charge is -2.52. The molecule has 1 atom stereocenters. The van der Waals surface area contributed by atoms with Gasteiger partial charge in [0.15, 0.2) is 24.8 Å². The maximum Gasteiger partial charge on any atom is 0.266 e. The van der Waals surface area contributed by atoms with E-state index in [2.05, 4.69) is 10.6 Å². The van der Waals surface area contributed by atoms with Gasteiger partial charge < -0.3 is 25.2 Å². The Morgan fingerprint density at radius 1 is 0.944 bits per heavy atom. The molecule has 3 aliphatic carbocycles. The third-order valence-corrected chi connectivity index (χ3v) is 6.03. The van der Waals surface area contributed by atoms with Gasteiger partial charge in [0.25, 0.3) is 18.2 Å². The van der Waals surface area contributed by atoms with E-state index in [1.807, 2.05) is 0 Å². The molecule has 192 valence electrons. The fourth-order valence-electron chi connectivity index (χ4n) is 4.16. The van der Waals surface area contributed by atoms with Crippen LogP contribution in [0, 0.1) is 17.5 Å². The molecule has 0 unspecified atom stereocenters. The molecule has 0 aliphatic heterocycles. The number of fused-ring (bicyclic) bond motifs is 2. The van der Waals surface area contributed by atoms with Crippen LogP contribution >= 0.6 is 0 Å². The molecule has 0 saturated heterocycles. The molecular weight excluding hydrogens is 491 g/mol. The predicted molar refractivity (Wildman–Crippen MR) is 115 cm³/mol. The fraction of sp³-hybridized carbons (Fsp3) is 0.333. The lowest BCUT2D eigenvalue weighted by Crippen LogP contribution is -2.65. The molecule has 0 spiro atoms. The van der Waals surface area contributed by atoms with Gasteiger partial charge >= 0.3 is 0 Å². The van der Waals surface area contributed by atoms with Gasteiger partial charge in [0.2, 0.25) is 0 Å². The molecule has 1 saturated carbocycles. The van der Waals surface area contributed by atoms with Crippen molar-refractivity contribution < 1.29 is 46.1 Å². The molecule has 0 aromatic heterocycles. The molecule has 5 rings (SSSR count). The summed E-state index contributed by atoms with van der Waals surface area (Å²) in [5.74, 6) is -4.54. The van der Waals surface area contributed by atoms with E-state index in [0.29, 0.717) is 5.70 Å². The third-order valence-electron chi connectivity index (χ3n) is 6.03. The van der Waals surface area contributed by atoms with Crippen molar-refractivity contribution >= 4 is 11.8 Å². The number of carbonyl (C=O) groups excluding carboxylic acids is 2. The zero-order valence-electron chi connectivity index (χ0n) is 18.6. The van der Waals surface area contributed by atoms with Crippen LogP contribution in [0.3, 0.4) is 0 Å². The molecule has 12 heteroatoms. The van der Waals surface area contributed by atoms with Crippen molar-refractivity contribution in [3.05, 3.63) is 70.7 Å². The number of hydrogen-bond donors (Lipinski definition) is 3. The number of ether oxygens (including phenoxy) is 2. The summed E-state index contributed by atoms with van der Waals surface area (Å²) in [6.45, 7) is -0.999. The highest BCUT2D eigenvalue weighted by atomic mass is 19.3. The largest absolute Gasteiger partial charge is 0.484 e. The number of rotatable bonds is 9. The van der Waals surface area contributed by atoms with Gasteiger partial charge in [-0.3, -0.25) is 9.59 Å². The Bertz CT molecular complexity index is 1210. The number of halogens is 5. The summed E-state index contributed by atoms with van der Waals surface area (Å²) < 4.78 is 75.5. The Kier molecular flexibility index (Phi) is 7.16. The Balaban J connectivity index is 1.27. The molecule has 2 amide bonds. The first-order chi connectivity index (χ1) is 17.1. The summed E-state index contributed by atoms with van der Waals surface area (Å²) in [5.41, 5.74) is -0.500. The second-order valence-corrected chi connectivity index (χ2v) is 8.55. The van der Waals surface area contributed by atoms with Crippen molar-refractivity contribution in [2.45, 2.75) is 37.3 Å². The highest BCUT2D eigenvalue weighted by Gasteiger charge is 2.52. The van der Waals surface area contributed by atoms with E-state index in [4.69, 9.17) is 9.47 Å². The smallest absolute Gasteiger partial charge is 0.266 e. The minimum absolute atomic E-state index is 0.0294. The summed E-state index contributed by atoms with van der Waals surface area (Å²) in [7, 11) is 0. The van der Waals surface area contributed by atoms with Gasteiger partial charge in [0.1, 0.15) is 17.3 Å². The summed E-state index contributed by atoms with van der Waals surface area (Å²) in [4.78, 5) is 24.5. The molecule has 2 bridgehead atoms. The van der Waals surface area contributed by atoms with Crippen molar-refractivity contribution in [1.29, 1.82) is 0 Å². The zero-order chi connectivity index (χ0) is 26.0. The number of hydrogen-bond acceptors (Lipinski definition) is 5. The summed E-state index contributed by atoms with van der Waals surface area (Å²) in [6, 6.07) is 5.63. The highest BCUT2D eigenvalue weighted by Crippen LogP contribution is 2.47. The first-order valence-electron chi connectivity index (χ1n) is 10.8. The van der Waals surface area contributed by atoms with Crippen LogP contribution in [0.2, 0.25) is 0 Å². The van der Waals surface area contributed by atoms with Gasteiger partial charge in [0, 0.05) is 18.2 Å². The van der Waals surface area contributed by atoms with Crippen LogP contribution in [-0.2, 0) is 9.59 Å². The molecule has 36 heavy (non-hydrogen) atoms. The van der Waals surface area contributed by atoms with Gasteiger partial charge in [-0.1, -0.05) is 0 Å². The second kappa shape index (κ2) is 10.1. The monoisotopic (exact) mass is 512 g/mol. The van der Waals surface area contributed by atoms with E-state index in [-0.39, 0.29) is 30.8 Å². The molecule has 0 heterocycles. The summed E-state index contributed by atoms with van der Waals surface area (Å²) in [5, 5.41) is 15.9. The van der Waals surface area contributed by atoms with Gasteiger partial charge in [-0.2, -0.15) is 0 Å². The number of aliphatic hydroxyl groups excluding tert-OH is 1. The van der Waals surface area contributed by atoms with Gasteiger partial charge in [-0.15, -0.1) is 0 Å². The average molecular weight is 512 g/mol. The number of aliphatic hydroxyl groups is 1. The Labute approximate surface area is 201 Å². The van der Waals surface area contributed by atoms with Crippen molar-refractivity contribution in [2.75, 3.05) is 13.2 Å². The van der Waals surface area contributed by atoms with Crippen LogP contribution in [0.25, 0.3) is 0 Å². The van der Waals surface area contributed by atoms with Gasteiger partial charge in [-0.05, 0) is 48.7 Å². The highest BCUT2D eigenvalue weighted by molar-refractivity contribution is 5.81. The quantitative estimate of drug-likeness (QED) is 0.449. The molecule has 7 nitrogen and oxygen atoms in total. The van der Waals surface area contributed by atoms with E-state index in [1.54, 1.807) is 0 Å². The normalized spacial score (nSPS) is 20.6. The summed E-state index contributed by atoms with van der Waals surface area (Å²) in [6.07, 6.45) is -3.47. The van der Waals surface area contributed by atoms with E-state index in [9.17, 15) is 36.6 Å². The first-order valence-corrected chi connectivity index (χ1v) is 10.8. The van der Waals surface area contributed by atoms with Crippen LogP contribution in [-0.4, -0.2) is 41.8 Å². The first kappa shape index (κ1) is 25.4. The van der Waals surface area contributed by atoms with E-state index in [1.165, 1.54) is 6.07 Å². The second-order valence-electron chi connectivity index (χ2n) is 8.55. The van der Waals surface area contributed by atoms with Gasteiger partial charge in [-0.25, -0.2) is 22.0 Å². The Morgan fingerprint density at radius 2 is 1.56 bits per heavy atom. The number of benzene rings is 2. The predicted octanol–water partition coefficient (Wildman–Crippen LogP) is 3.28. The fourth-order valence-corrected chi connectivity index (χ4v) is 4.16. The molecule has 0 radical (unpaired) electrons. The SMILES string of the molecule is O=C(COc1ccc(F)c(C(F)F)c1)NC1=C2CC(NC(=O)COc3ccc(F)c(F)c3)(C2)[C@@H](O)C1. The Hall–Kier alpha value is -3.67. The maximum absolute atomic E-state index is 13.4. The molecule has 1 fully saturated rings. The van der Waals surface area contributed by atoms with Crippen LogP contribution < -0.4 is 20.1 Å². The van der Waals surface area contributed by atoms with Crippen LogP contribution in [0.15, 0.2) is 47.7 Å². The van der Waals surface area contributed by atoms with Crippen LogP contribution in [0.1, 0.15) is 31.3 Å². The number of carbonyl (C=O) groups is 2. The summed E-state index contributed by atoms with van der Waals surface area (Å²) >= 11 is 0. The van der Waals surface area contributed by atoms with Gasteiger partial charge in [0.05, 0.1) is 17.2 Å². The molecule has 2 aromatic rings. The van der Waals surface area contributed by atoms with Crippen molar-refractivity contribution in [1.82, 2.24) is 10.6 Å². The Morgan fingerprint density at radius 3 is 2.17 bits per heavy atom. The number of alkyl halides is 2. The van der Waals surface area contributed by atoms with Crippen LogP contribution in [0.5, 0.6) is 11.5 Å². The average Bonchev–Trinajstić information content (AvgIpc) is 2.80. The van der Waals surface area contributed by atoms with E-state index < -0.39 is 66.1 Å². The van der Waals surface area contributed by atoms with Crippen molar-refractivity contribution in [2.24, 2.45) is 0 Å². The molecule has 2 aromatic carbocycles. The standard InChI is InChI=1S/C24H21F5N2O5/c25-16-3-1-13(5-15(16)23(28)29)35-10-21(33)30-19-7-20(32)24(8-12(19)9-24)31-22(34)11-36-14-2-4-17(26)18(27)6-14/h1-6,20,23,32H,7-11H2,(H,30,33)(H,31,34)/t20-/m0/s1. The molecular formula is C24H21F5N2O5. The molecule has 3 N–H and O–H groups in total. The van der Waals surface area contributed by atoms with Crippen molar-refractivity contribution in [3.8, 4) is 11.5 Å². The molecule has 3 aliphatic rings.